The van der Waals surface area contributed by atoms with Crippen molar-refractivity contribution in [3.8, 4) is 5.75 Å². The van der Waals surface area contributed by atoms with Crippen molar-refractivity contribution in [1.29, 1.82) is 0 Å². The first-order chi connectivity index (χ1) is 9.55. The van der Waals surface area contributed by atoms with Crippen LogP contribution in [0.1, 0.15) is 50.4 Å². The number of rotatable bonds is 3. The minimum atomic E-state index is -0.125. The van der Waals surface area contributed by atoms with Crippen LogP contribution in [0.15, 0.2) is 41.1 Å². The number of hydrogen-bond donors (Lipinski definition) is 1. The smallest absolute Gasteiger partial charge is 0.124 e. The highest BCUT2D eigenvalue weighted by Crippen LogP contribution is 2.40. The largest absolute Gasteiger partial charge is 0.487 e. The summed E-state index contributed by atoms with van der Waals surface area (Å²) >= 11 is 1.75. The first kappa shape index (κ1) is 13.7. The van der Waals surface area contributed by atoms with E-state index >= 15 is 0 Å². The van der Waals surface area contributed by atoms with E-state index in [2.05, 4.69) is 61.1 Å². The maximum Gasteiger partial charge on any atom is 0.124 e. The van der Waals surface area contributed by atoms with Crippen LogP contribution in [-0.2, 0) is 0 Å². The summed E-state index contributed by atoms with van der Waals surface area (Å²) < 4.78 is 6.08. The molecule has 0 saturated carbocycles. The van der Waals surface area contributed by atoms with Crippen molar-refractivity contribution in [2.75, 3.05) is 0 Å². The molecule has 1 N–H and O–H groups in total. The average Bonchev–Trinajstić information content (AvgIpc) is 2.91. The molecule has 2 unspecified atom stereocenters. The molecule has 0 spiro atoms. The number of hydrogen-bond acceptors (Lipinski definition) is 3. The Balaban J connectivity index is 1.85. The van der Waals surface area contributed by atoms with Gasteiger partial charge in [0.1, 0.15) is 11.4 Å². The molecule has 3 heteroatoms. The zero-order chi connectivity index (χ0) is 14.2. The zero-order valence-corrected chi connectivity index (χ0v) is 13.0. The molecule has 0 bridgehead atoms. The monoisotopic (exact) mass is 287 g/mol. The van der Waals surface area contributed by atoms with E-state index < -0.39 is 0 Å². The number of nitrogens with one attached hydrogen (secondary N) is 1. The third-order valence-corrected chi connectivity index (χ3v) is 4.57. The first-order valence-electron chi connectivity index (χ1n) is 7.11. The molecule has 2 aromatic rings. The molecular formula is C17H21NOS. The third-order valence-electron chi connectivity index (χ3n) is 3.87. The van der Waals surface area contributed by atoms with Gasteiger partial charge in [-0.1, -0.05) is 18.2 Å². The Morgan fingerprint density at radius 3 is 2.85 bits per heavy atom. The molecular weight excluding hydrogens is 266 g/mol. The van der Waals surface area contributed by atoms with E-state index in [9.17, 15) is 0 Å². The summed E-state index contributed by atoms with van der Waals surface area (Å²) in [6, 6.07) is 11.3. The summed E-state index contributed by atoms with van der Waals surface area (Å²) in [5, 5.41) is 8.11. The summed E-state index contributed by atoms with van der Waals surface area (Å²) in [5.74, 6) is 1.01. The van der Waals surface area contributed by atoms with Gasteiger partial charge in [-0.2, -0.15) is 11.3 Å². The second kappa shape index (κ2) is 5.23. The molecule has 20 heavy (non-hydrogen) atoms. The molecule has 2 atom stereocenters. The lowest BCUT2D eigenvalue weighted by Gasteiger charge is -2.39. The van der Waals surface area contributed by atoms with Gasteiger partial charge in [0.15, 0.2) is 0 Å². The topological polar surface area (TPSA) is 21.3 Å². The fourth-order valence-corrected chi connectivity index (χ4v) is 3.62. The molecule has 0 fully saturated rings. The number of ether oxygens (including phenoxy) is 1. The van der Waals surface area contributed by atoms with E-state index in [-0.39, 0.29) is 5.60 Å². The Bertz CT molecular complexity index is 576. The predicted molar refractivity (Wildman–Crippen MR) is 84.4 cm³/mol. The predicted octanol–water partition coefficient (Wildman–Crippen LogP) is 4.70. The van der Waals surface area contributed by atoms with Gasteiger partial charge in [0.25, 0.3) is 0 Å². The molecule has 0 amide bonds. The Hall–Kier alpha value is -1.32. The summed E-state index contributed by atoms with van der Waals surface area (Å²) in [5.41, 5.74) is 2.51. The molecule has 106 valence electrons. The quantitative estimate of drug-likeness (QED) is 0.883. The van der Waals surface area contributed by atoms with Crippen LogP contribution < -0.4 is 10.1 Å². The lowest BCUT2D eigenvalue weighted by molar-refractivity contribution is 0.0641. The van der Waals surface area contributed by atoms with Gasteiger partial charge in [-0.15, -0.1) is 0 Å². The summed E-state index contributed by atoms with van der Waals surface area (Å²) in [7, 11) is 0. The summed E-state index contributed by atoms with van der Waals surface area (Å²) in [4.78, 5) is 0. The SMILES string of the molecule is CC(NC1CC(C)(C)Oc2ccccc21)c1ccsc1. The van der Waals surface area contributed by atoms with E-state index in [4.69, 9.17) is 4.74 Å². The number of benzene rings is 1. The van der Waals surface area contributed by atoms with Crippen molar-refractivity contribution >= 4 is 11.3 Å². The van der Waals surface area contributed by atoms with E-state index in [1.165, 1.54) is 11.1 Å². The van der Waals surface area contributed by atoms with E-state index in [1.807, 2.05) is 6.07 Å². The molecule has 3 rings (SSSR count). The molecule has 1 aromatic heterocycles. The standard InChI is InChI=1S/C17H21NOS/c1-12(13-8-9-20-11-13)18-15-10-17(2,3)19-16-7-5-4-6-14(15)16/h4-9,11-12,15,18H,10H2,1-3H3. The lowest BCUT2D eigenvalue weighted by atomic mass is 9.89. The van der Waals surface area contributed by atoms with E-state index in [0.717, 1.165) is 12.2 Å². The van der Waals surface area contributed by atoms with Gasteiger partial charge in [-0.25, -0.2) is 0 Å². The normalized spacial score (nSPS) is 21.9. The van der Waals surface area contributed by atoms with Gasteiger partial charge in [-0.3, -0.25) is 0 Å². The van der Waals surface area contributed by atoms with Gasteiger partial charge in [0, 0.05) is 24.1 Å². The zero-order valence-electron chi connectivity index (χ0n) is 12.2. The van der Waals surface area contributed by atoms with Crippen molar-refractivity contribution in [1.82, 2.24) is 5.32 Å². The van der Waals surface area contributed by atoms with Crippen LogP contribution in [0.2, 0.25) is 0 Å². The molecule has 0 aliphatic carbocycles. The summed E-state index contributed by atoms with van der Waals surface area (Å²) in [6.45, 7) is 6.55. The number of fused-ring (bicyclic) bond motifs is 1. The second-order valence-corrected chi connectivity index (χ2v) is 6.88. The maximum absolute atomic E-state index is 6.08. The van der Waals surface area contributed by atoms with Crippen LogP contribution in [0.25, 0.3) is 0 Å². The lowest BCUT2D eigenvalue weighted by Crippen LogP contribution is -2.40. The Morgan fingerprint density at radius 2 is 2.10 bits per heavy atom. The van der Waals surface area contributed by atoms with E-state index in [1.54, 1.807) is 11.3 Å². The highest BCUT2D eigenvalue weighted by molar-refractivity contribution is 7.07. The minimum absolute atomic E-state index is 0.125. The summed E-state index contributed by atoms with van der Waals surface area (Å²) in [6.07, 6.45) is 0.985. The minimum Gasteiger partial charge on any atom is -0.487 e. The van der Waals surface area contributed by atoms with Crippen molar-refractivity contribution in [3.05, 3.63) is 52.2 Å². The van der Waals surface area contributed by atoms with Gasteiger partial charge < -0.3 is 10.1 Å². The van der Waals surface area contributed by atoms with Gasteiger partial charge >= 0.3 is 0 Å². The average molecular weight is 287 g/mol. The molecule has 1 aliphatic rings. The van der Waals surface area contributed by atoms with Crippen molar-refractivity contribution in [3.63, 3.8) is 0 Å². The van der Waals surface area contributed by atoms with Crippen LogP contribution in [0.4, 0.5) is 0 Å². The maximum atomic E-state index is 6.08. The number of thiophene rings is 1. The molecule has 0 saturated heterocycles. The molecule has 2 heterocycles. The van der Waals surface area contributed by atoms with Crippen molar-refractivity contribution in [2.24, 2.45) is 0 Å². The van der Waals surface area contributed by atoms with Gasteiger partial charge in [0.2, 0.25) is 0 Å². The fraction of sp³-hybridized carbons (Fsp3) is 0.412. The Kier molecular flexibility index (Phi) is 3.57. The van der Waals surface area contributed by atoms with Crippen LogP contribution >= 0.6 is 11.3 Å². The van der Waals surface area contributed by atoms with Crippen LogP contribution in [0, 0.1) is 0 Å². The van der Waals surface area contributed by atoms with Gasteiger partial charge in [0.05, 0.1) is 0 Å². The highest BCUT2D eigenvalue weighted by Gasteiger charge is 2.34. The molecule has 0 radical (unpaired) electrons. The van der Waals surface area contributed by atoms with Crippen LogP contribution in [0.5, 0.6) is 5.75 Å². The van der Waals surface area contributed by atoms with E-state index in [0.29, 0.717) is 12.1 Å². The third kappa shape index (κ3) is 2.74. The van der Waals surface area contributed by atoms with Crippen LogP contribution in [-0.4, -0.2) is 5.60 Å². The fourth-order valence-electron chi connectivity index (χ4n) is 2.87. The Morgan fingerprint density at radius 1 is 1.30 bits per heavy atom. The molecule has 1 aromatic carbocycles. The molecule has 1 aliphatic heterocycles. The van der Waals surface area contributed by atoms with Crippen LogP contribution in [0.3, 0.4) is 0 Å². The highest BCUT2D eigenvalue weighted by atomic mass is 32.1. The Labute approximate surface area is 124 Å². The van der Waals surface area contributed by atoms with Gasteiger partial charge in [-0.05, 0) is 49.2 Å². The van der Waals surface area contributed by atoms with Crippen molar-refractivity contribution in [2.45, 2.75) is 44.9 Å². The number of para-hydroxylation sites is 1. The molecule has 2 nitrogen and oxygen atoms in total. The second-order valence-electron chi connectivity index (χ2n) is 6.10. The first-order valence-corrected chi connectivity index (χ1v) is 8.05. The van der Waals surface area contributed by atoms with Crippen molar-refractivity contribution < 1.29 is 4.74 Å².